The number of carbonyl (C=O) groups is 1. The largest absolute Gasteiger partial charge is 0.465 e. The lowest BCUT2D eigenvalue weighted by molar-refractivity contribution is 0.0600. The highest BCUT2D eigenvalue weighted by Gasteiger charge is 2.12. The van der Waals surface area contributed by atoms with Crippen molar-refractivity contribution >= 4 is 11.8 Å². The summed E-state index contributed by atoms with van der Waals surface area (Å²) in [6.45, 7) is 2.12. The molecule has 1 fully saturated rings. The lowest BCUT2D eigenvalue weighted by Crippen LogP contribution is -2.24. The van der Waals surface area contributed by atoms with E-state index in [9.17, 15) is 4.79 Å². The number of anilines is 1. The van der Waals surface area contributed by atoms with E-state index in [4.69, 9.17) is 0 Å². The standard InChI is InChI=1S/C13H18N2O2/c1-17-13(16)11-6-7-12(14-10-11)15-8-4-2-3-5-9-15/h6-7,10H,2-5,8-9H2,1H3. The number of carbonyl (C=O) groups excluding carboxylic acids is 1. The predicted molar refractivity (Wildman–Crippen MR) is 66.3 cm³/mol. The van der Waals surface area contributed by atoms with Gasteiger partial charge in [0.25, 0.3) is 0 Å². The van der Waals surface area contributed by atoms with Gasteiger partial charge in [-0.15, -0.1) is 0 Å². The molecule has 1 aliphatic rings. The van der Waals surface area contributed by atoms with Crippen molar-refractivity contribution in [2.24, 2.45) is 0 Å². The third kappa shape index (κ3) is 2.96. The molecule has 1 aliphatic heterocycles. The molecule has 2 heterocycles. The lowest BCUT2D eigenvalue weighted by atomic mass is 10.2. The topological polar surface area (TPSA) is 42.4 Å². The molecular formula is C13H18N2O2. The molecule has 0 saturated carbocycles. The van der Waals surface area contributed by atoms with E-state index in [2.05, 4.69) is 14.6 Å². The van der Waals surface area contributed by atoms with Crippen LogP contribution in [0.4, 0.5) is 5.82 Å². The maximum atomic E-state index is 11.3. The first-order chi connectivity index (χ1) is 8.31. The summed E-state index contributed by atoms with van der Waals surface area (Å²) in [6, 6.07) is 3.68. The summed E-state index contributed by atoms with van der Waals surface area (Å²) in [5, 5.41) is 0. The molecule has 17 heavy (non-hydrogen) atoms. The summed E-state index contributed by atoms with van der Waals surface area (Å²) in [5.41, 5.74) is 0.506. The molecule has 0 bridgehead atoms. The molecule has 4 heteroatoms. The highest BCUT2D eigenvalue weighted by molar-refractivity contribution is 5.89. The van der Waals surface area contributed by atoms with Crippen molar-refractivity contribution in [3.05, 3.63) is 23.9 Å². The minimum Gasteiger partial charge on any atom is -0.465 e. The molecule has 0 spiro atoms. The smallest absolute Gasteiger partial charge is 0.339 e. The molecule has 0 radical (unpaired) electrons. The summed E-state index contributed by atoms with van der Waals surface area (Å²) < 4.78 is 4.65. The Labute approximate surface area is 102 Å². The molecule has 1 aromatic heterocycles. The quantitative estimate of drug-likeness (QED) is 0.736. The van der Waals surface area contributed by atoms with Gasteiger partial charge in [-0.3, -0.25) is 0 Å². The van der Waals surface area contributed by atoms with Crippen molar-refractivity contribution < 1.29 is 9.53 Å². The van der Waals surface area contributed by atoms with Crippen LogP contribution >= 0.6 is 0 Å². The zero-order valence-electron chi connectivity index (χ0n) is 10.2. The van der Waals surface area contributed by atoms with Crippen LogP contribution in [-0.4, -0.2) is 31.2 Å². The minimum atomic E-state index is -0.333. The van der Waals surface area contributed by atoms with E-state index < -0.39 is 0 Å². The molecule has 1 aromatic rings. The Hall–Kier alpha value is -1.58. The van der Waals surface area contributed by atoms with E-state index in [0.717, 1.165) is 18.9 Å². The fourth-order valence-corrected chi connectivity index (χ4v) is 2.11. The van der Waals surface area contributed by atoms with Gasteiger partial charge in [-0.1, -0.05) is 12.8 Å². The van der Waals surface area contributed by atoms with Crippen molar-refractivity contribution in [2.45, 2.75) is 25.7 Å². The number of methoxy groups -OCH3 is 1. The summed E-state index contributed by atoms with van der Waals surface area (Å²) in [5.74, 6) is 0.625. The summed E-state index contributed by atoms with van der Waals surface area (Å²) in [4.78, 5) is 17.9. The second kappa shape index (κ2) is 5.66. The Bertz CT molecular complexity index is 368. The van der Waals surface area contributed by atoms with Crippen LogP contribution in [0.25, 0.3) is 0 Å². The van der Waals surface area contributed by atoms with Crippen LogP contribution in [0.3, 0.4) is 0 Å². The maximum absolute atomic E-state index is 11.3. The van der Waals surface area contributed by atoms with Crippen LogP contribution in [0.2, 0.25) is 0 Å². The Balaban J connectivity index is 2.08. The molecule has 0 unspecified atom stereocenters. The maximum Gasteiger partial charge on any atom is 0.339 e. The summed E-state index contributed by atoms with van der Waals surface area (Å²) >= 11 is 0. The first kappa shape index (κ1) is 11.9. The Morgan fingerprint density at radius 3 is 2.47 bits per heavy atom. The number of ether oxygens (including phenoxy) is 1. The molecule has 0 aromatic carbocycles. The first-order valence-corrected chi connectivity index (χ1v) is 6.10. The van der Waals surface area contributed by atoms with Gasteiger partial charge in [0.1, 0.15) is 5.82 Å². The third-order valence-electron chi connectivity index (χ3n) is 3.10. The number of pyridine rings is 1. The Morgan fingerprint density at radius 1 is 1.24 bits per heavy atom. The normalized spacial score (nSPS) is 16.4. The van der Waals surface area contributed by atoms with E-state index >= 15 is 0 Å². The number of esters is 1. The fourth-order valence-electron chi connectivity index (χ4n) is 2.11. The summed E-state index contributed by atoms with van der Waals surface area (Å²) in [7, 11) is 1.38. The van der Waals surface area contributed by atoms with E-state index in [1.807, 2.05) is 6.07 Å². The van der Waals surface area contributed by atoms with Gasteiger partial charge in [-0.05, 0) is 25.0 Å². The zero-order valence-corrected chi connectivity index (χ0v) is 10.2. The van der Waals surface area contributed by atoms with Gasteiger partial charge in [0, 0.05) is 19.3 Å². The number of rotatable bonds is 2. The van der Waals surface area contributed by atoms with Gasteiger partial charge in [0.2, 0.25) is 0 Å². The second-order valence-electron chi connectivity index (χ2n) is 4.30. The van der Waals surface area contributed by atoms with Gasteiger partial charge in [-0.2, -0.15) is 0 Å². The predicted octanol–water partition coefficient (Wildman–Crippen LogP) is 2.25. The van der Waals surface area contributed by atoms with Gasteiger partial charge >= 0.3 is 5.97 Å². The van der Waals surface area contributed by atoms with Gasteiger partial charge < -0.3 is 9.64 Å². The molecule has 92 valence electrons. The molecule has 4 nitrogen and oxygen atoms in total. The lowest BCUT2D eigenvalue weighted by Gasteiger charge is -2.21. The average molecular weight is 234 g/mol. The summed E-state index contributed by atoms with van der Waals surface area (Å²) in [6.07, 6.45) is 6.64. The van der Waals surface area contributed by atoms with Crippen molar-refractivity contribution in [2.75, 3.05) is 25.1 Å². The van der Waals surface area contributed by atoms with E-state index in [0.29, 0.717) is 5.56 Å². The second-order valence-corrected chi connectivity index (χ2v) is 4.30. The molecule has 0 amide bonds. The van der Waals surface area contributed by atoms with E-state index in [-0.39, 0.29) is 5.97 Å². The van der Waals surface area contributed by atoms with Crippen LogP contribution in [-0.2, 0) is 4.74 Å². The van der Waals surface area contributed by atoms with Crippen LogP contribution < -0.4 is 4.90 Å². The van der Waals surface area contributed by atoms with Gasteiger partial charge in [0.05, 0.1) is 12.7 Å². The Kier molecular flexibility index (Phi) is 3.96. The molecule has 0 atom stereocenters. The SMILES string of the molecule is COC(=O)c1ccc(N2CCCCCC2)nc1. The van der Waals surface area contributed by atoms with Gasteiger partial charge in [0.15, 0.2) is 0 Å². The van der Waals surface area contributed by atoms with Crippen LogP contribution in [0.5, 0.6) is 0 Å². The van der Waals surface area contributed by atoms with Crippen molar-refractivity contribution in [1.82, 2.24) is 4.98 Å². The van der Waals surface area contributed by atoms with Crippen LogP contribution in [0, 0.1) is 0 Å². The molecule has 1 saturated heterocycles. The minimum absolute atomic E-state index is 0.333. The monoisotopic (exact) mass is 234 g/mol. The molecular weight excluding hydrogens is 216 g/mol. The van der Waals surface area contributed by atoms with E-state index in [1.165, 1.54) is 32.8 Å². The van der Waals surface area contributed by atoms with Crippen molar-refractivity contribution in [3.8, 4) is 0 Å². The highest BCUT2D eigenvalue weighted by Crippen LogP contribution is 2.17. The zero-order chi connectivity index (χ0) is 12.1. The fraction of sp³-hybridized carbons (Fsp3) is 0.538. The van der Waals surface area contributed by atoms with E-state index in [1.54, 1.807) is 12.3 Å². The third-order valence-corrected chi connectivity index (χ3v) is 3.10. The molecule has 0 N–H and O–H groups in total. The van der Waals surface area contributed by atoms with Crippen LogP contribution in [0.1, 0.15) is 36.0 Å². The number of aromatic nitrogens is 1. The highest BCUT2D eigenvalue weighted by atomic mass is 16.5. The van der Waals surface area contributed by atoms with Crippen LogP contribution in [0.15, 0.2) is 18.3 Å². The Morgan fingerprint density at radius 2 is 1.94 bits per heavy atom. The van der Waals surface area contributed by atoms with Crippen molar-refractivity contribution in [1.29, 1.82) is 0 Å². The number of hydrogen-bond donors (Lipinski definition) is 0. The molecule has 0 aliphatic carbocycles. The van der Waals surface area contributed by atoms with Gasteiger partial charge in [-0.25, -0.2) is 9.78 Å². The number of nitrogens with zero attached hydrogens (tertiary/aromatic N) is 2. The van der Waals surface area contributed by atoms with Crippen molar-refractivity contribution in [3.63, 3.8) is 0 Å². The average Bonchev–Trinajstić information content (AvgIpc) is 2.67. The molecule has 2 rings (SSSR count). The first-order valence-electron chi connectivity index (χ1n) is 6.10. The number of hydrogen-bond acceptors (Lipinski definition) is 4.